The third kappa shape index (κ3) is 10.00. The van der Waals surface area contributed by atoms with Gasteiger partial charge in [0, 0.05) is 5.69 Å². The lowest BCUT2D eigenvalue weighted by molar-refractivity contribution is -0.118. The molecule has 0 heterocycles. The third-order valence-corrected chi connectivity index (χ3v) is 3.58. The number of ether oxygens (including phenoxy) is 1. The molecule has 1 aromatic rings. The molecule has 1 atom stereocenters. The molecule has 8 nitrogen and oxygen atoms in total. The Morgan fingerprint density at radius 2 is 1.77 bits per heavy atom. The number of amides is 2. The van der Waals surface area contributed by atoms with E-state index in [9.17, 15) is 18.0 Å². The minimum atomic E-state index is -3.55. The van der Waals surface area contributed by atoms with Gasteiger partial charge in [-0.1, -0.05) is 18.2 Å². The summed E-state index contributed by atoms with van der Waals surface area (Å²) in [6.07, 6.45) is 0.670. The molecule has 26 heavy (non-hydrogen) atoms. The number of para-hydroxylation sites is 1. The van der Waals surface area contributed by atoms with Crippen molar-refractivity contribution in [1.82, 2.24) is 5.32 Å². The van der Waals surface area contributed by atoms with Crippen molar-refractivity contribution < 1.29 is 26.9 Å². The molecule has 0 saturated carbocycles. The summed E-state index contributed by atoms with van der Waals surface area (Å²) in [5, 5.41) is 5.21. The number of carbonyl (C=O) groups is 2. The van der Waals surface area contributed by atoms with Gasteiger partial charge in [-0.2, -0.15) is 8.42 Å². The molecule has 0 aliphatic rings. The number of benzene rings is 1. The average Bonchev–Trinajstić information content (AvgIpc) is 2.48. The van der Waals surface area contributed by atoms with Crippen LogP contribution in [0.15, 0.2) is 30.3 Å². The molecule has 0 aliphatic heterocycles. The van der Waals surface area contributed by atoms with Crippen molar-refractivity contribution in [2.75, 3.05) is 18.2 Å². The van der Waals surface area contributed by atoms with Crippen molar-refractivity contribution in [3.8, 4) is 0 Å². The molecule has 146 valence electrons. The second-order valence-corrected chi connectivity index (χ2v) is 8.37. The Labute approximate surface area is 154 Å². The van der Waals surface area contributed by atoms with Crippen LogP contribution in [-0.4, -0.2) is 44.9 Å². The Kier molecular flexibility index (Phi) is 8.04. The minimum absolute atomic E-state index is 0.0794. The summed E-state index contributed by atoms with van der Waals surface area (Å²) in [5.74, 6) is -0.429. The predicted octanol–water partition coefficient (Wildman–Crippen LogP) is 2.27. The number of hydrogen-bond acceptors (Lipinski definition) is 6. The molecule has 1 rings (SSSR count). The topological polar surface area (TPSA) is 111 Å². The van der Waals surface area contributed by atoms with E-state index in [4.69, 9.17) is 4.74 Å². The van der Waals surface area contributed by atoms with E-state index in [2.05, 4.69) is 14.8 Å². The second-order valence-electron chi connectivity index (χ2n) is 6.72. The first kappa shape index (κ1) is 21.9. The largest absolute Gasteiger partial charge is 0.444 e. The Hall–Kier alpha value is -2.13. The van der Waals surface area contributed by atoms with Gasteiger partial charge >= 0.3 is 6.09 Å². The Morgan fingerprint density at radius 3 is 2.31 bits per heavy atom. The lowest BCUT2D eigenvalue weighted by Gasteiger charge is -2.23. The summed E-state index contributed by atoms with van der Waals surface area (Å²) < 4.78 is 31.8. The fourth-order valence-electron chi connectivity index (χ4n) is 1.97. The summed E-state index contributed by atoms with van der Waals surface area (Å²) in [4.78, 5) is 24.4. The van der Waals surface area contributed by atoms with E-state index < -0.39 is 33.8 Å². The summed E-state index contributed by atoms with van der Waals surface area (Å²) in [7, 11) is -3.55. The molecule has 0 radical (unpaired) electrons. The SMILES string of the molecule is CC(C)(C)OC(=O)N[C@@H](CCCOS(C)(=O)=O)C(=O)Nc1ccccc1. The van der Waals surface area contributed by atoms with Gasteiger partial charge in [0.05, 0.1) is 12.9 Å². The van der Waals surface area contributed by atoms with Crippen LogP contribution in [0.4, 0.5) is 10.5 Å². The van der Waals surface area contributed by atoms with Crippen molar-refractivity contribution in [3.63, 3.8) is 0 Å². The van der Waals surface area contributed by atoms with Crippen LogP contribution in [0.1, 0.15) is 33.6 Å². The molecule has 0 aliphatic carbocycles. The zero-order valence-corrected chi connectivity index (χ0v) is 16.3. The van der Waals surface area contributed by atoms with Crippen LogP contribution in [0.3, 0.4) is 0 Å². The lowest BCUT2D eigenvalue weighted by Crippen LogP contribution is -2.45. The lowest BCUT2D eigenvalue weighted by atomic mass is 10.1. The van der Waals surface area contributed by atoms with Gasteiger partial charge in [-0.15, -0.1) is 0 Å². The first-order chi connectivity index (χ1) is 12.0. The van der Waals surface area contributed by atoms with Crippen LogP contribution >= 0.6 is 0 Å². The maximum atomic E-state index is 12.5. The number of nitrogens with one attached hydrogen (secondary N) is 2. The summed E-state index contributed by atoms with van der Waals surface area (Å²) in [6.45, 7) is 5.06. The maximum Gasteiger partial charge on any atom is 0.408 e. The molecule has 2 amide bonds. The van der Waals surface area contributed by atoms with Gasteiger partial charge in [-0.3, -0.25) is 8.98 Å². The van der Waals surface area contributed by atoms with Gasteiger partial charge < -0.3 is 15.4 Å². The minimum Gasteiger partial charge on any atom is -0.444 e. The van der Waals surface area contributed by atoms with Crippen molar-refractivity contribution >= 4 is 27.8 Å². The van der Waals surface area contributed by atoms with Gasteiger partial charge in [0.2, 0.25) is 5.91 Å². The van der Waals surface area contributed by atoms with Gasteiger partial charge in [0.1, 0.15) is 11.6 Å². The third-order valence-electron chi connectivity index (χ3n) is 2.98. The molecule has 0 spiro atoms. The van der Waals surface area contributed by atoms with Crippen LogP contribution in [-0.2, 0) is 23.8 Å². The molecule has 0 saturated heterocycles. The number of alkyl carbamates (subject to hydrolysis) is 1. The first-order valence-corrected chi connectivity index (χ1v) is 9.98. The zero-order valence-electron chi connectivity index (χ0n) is 15.4. The van der Waals surface area contributed by atoms with Gasteiger partial charge in [-0.05, 0) is 45.7 Å². The quantitative estimate of drug-likeness (QED) is 0.524. The van der Waals surface area contributed by atoms with E-state index in [1.54, 1.807) is 45.0 Å². The van der Waals surface area contributed by atoms with E-state index in [1.165, 1.54) is 0 Å². The van der Waals surface area contributed by atoms with Crippen LogP contribution < -0.4 is 10.6 Å². The zero-order chi connectivity index (χ0) is 19.8. The first-order valence-electron chi connectivity index (χ1n) is 8.16. The van der Waals surface area contributed by atoms with Crippen LogP contribution in [0, 0.1) is 0 Å². The van der Waals surface area contributed by atoms with Crippen molar-refractivity contribution in [2.45, 2.75) is 45.3 Å². The highest BCUT2D eigenvalue weighted by molar-refractivity contribution is 7.85. The van der Waals surface area contributed by atoms with Crippen molar-refractivity contribution in [3.05, 3.63) is 30.3 Å². The normalized spacial score (nSPS) is 12.9. The monoisotopic (exact) mass is 386 g/mol. The van der Waals surface area contributed by atoms with E-state index in [0.29, 0.717) is 5.69 Å². The van der Waals surface area contributed by atoms with Crippen LogP contribution in [0.5, 0.6) is 0 Å². The van der Waals surface area contributed by atoms with Crippen LogP contribution in [0.2, 0.25) is 0 Å². The summed E-state index contributed by atoms with van der Waals surface area (Å²) in [6, 6.07) is 7.89. The smallest absolute Gasteiger partial charge is 0.408 e. The molecular formula is C17H26N2O6S. The van der Waals surface area contributed by atoms with E-state index in [1.807, 2.05) is 6.07 Å². The number of hydrogen-bond donors (Lipinski definition) is 2. The summed E-state index contributed by atoms with van der Waals surface area (Å²) >= 11 is 0. The second kappa shape index (κ2) is 9.54. The highest BCUT2D eigenvalue weighted by Gasteiger charge is 2.24. The molecule has 0 aromatic heterocycles. The Bertz CT molecular complexity index is 698. The highest BCUT2D eigenvalue weighted by atomic mass is 32.2. The molecule has 9 heteroatoms. The number of anilines is 1. The summed E-state index contributed by atoms with van der Waals surface area (Å²) in [5.41, 5.74) is -0.120. The van der Waals surface area contributed by atoms with E-state index in [0.717, 1.165) is 6.26 Å². The van der Waals surface area contributed by atoms with E-state index >= 15 is 0 Å². The molecular weight excluding hydrogens is 360 g/mol. The molecule has 0 unspecified atom stereocenters. The van der Waals surface area contributed by atoms with Gasteiger partial charge in [-0.25, -0.2) is 4.79 Å². The van der Waals surface area contributed by atoms with Gasteiger partial charge in [0.25, 0.3) is 10.1 Å². The van der Waals surface area contributed by atoms with Crippen molar-refractivity contribution in [1.29, 1.82) is 0 Å². The molecule has 0 fully saturated rings. The van der Waals surface area contributed by atoms with Crippen LogP contribution in [0.25, 0.3) is 0 Å². The van der Waals surface area contributed by atoms with E-state index in [-0.39, 0.29) is 19.4 Å². The fourth-order valence-corrected chi connectivity index (χ4v) is 2.39. The fraction of sp³-hybridized carbons (Fsp3) is 0.529. The standard InChI is InChI=1S/C17H26N2O6S/c1-17(2,3)25-16(21)19-14(11-8-12-24-26(4,22)23)15(20)18-13-9-6-5-7-10-13/h5-7,9-10,14H,8,11-12H2,1-4H3,(H,18,20)(H,19,21)/t14-/m0/s1. The number of rotatable bonds is 8. The van der Waals surface area contributed by atoms with Gasteiger partial charge in [0.15, 0.2) is 0 Å². The maximum absolute atomic E-state index is 12.5. The molecule has 0 bridgehead atoms. The highest BCUT2D eigenvalue weighted by Crippen LogP contribution is 2.10. The number of carbonyl (C=O) groups excluding carboxylic acids is 2. The molecule has 2 N–H and O–H groups in total. The molecule has 1 aromatic carbocycles. The Morgan fingerprint density at radius 1 is 1.15 bits per heavy atom. The van der Waals surface area contributed by atoms with Crippen molar-refractivity contribution in [2.24, 2.45) is 0 Å². The average molecular weight is 386 g/mol. The Balaban J connectivity index is 2.70. The predicted molar refractivity (Wildman–Crippen MR) is 98.3 cm³/mol.